The van der Waals surface area contributed by atoms with Crippen molar-refractivity contribution in [3.63, 3.8) is 0 Å². The Hall–Kier alpha value is -1.49. The van der Waals surface area contributed by atoms with E-state index in [1.54, 1.807) is 6.07 Å². The third kappa shape index (κ3) is 2.85. The molecule has 1 aliphatic rings. The number of nitro benzene ring substituents is 1. The van der Waals surface area contributed by atoms with Crippen molar-refractivity contribution in [1.29, 1.82) is 0 Å². The minimum Gasteiger partial charge on any atom is -0.302 e. The van der Waals surface area contributed by atoms with E-state index in [0.29, 0.717) is 18.0 Å². The molecule has 18 heavy (non-hydrogen) atoms. The maximum atomic E-state index is 13.8. The second kappa shape index (κ2) is 5.02. The normalized spacial score (nSPS) is 22.2. The molecule has 0 bridgehead atoms. The van der Waals surface area contributed by atoms with Gasteiger partial charge in [0.1, 0.15) is 0 Å². The average molecular weight is 252 g/mol. The largest absolute Gasteiger partial charge is 0.305 e. The Kier molecular flexibility index (Phi) is 3.61. The lowest BCUT2D eigenvalue weighted by atomic mass is 10.1. The molecule has 2 rings (SSSR count). The summed E-state index contributed by atoms with van der Waals surface area (Å²) in [4.78, 5) is 12.0. The van der Waals surface area contributed by atoms with E-state index in [0.717, 1.165) is 12.5 Å². The van der Waals surface area contributed by atoms with Gasteiger partial charge in [0, 0.05) is 24.7 Å². The maximum absolute atomic E-state index is 13.8. The monoisotopic (exact) mass is 252 g/mol. The topological polar surface area (TPSA) is 46.4 Å². The van der Waals surface area contributed by atoms with E-state index in [4.69, 9.17) is 0 Å². The number of hydrogen-bond donors (Lipinski definition) is 0. The smallest absolute Gasteiger partial charge is 0.302 e. The van der Waals surface area contributed by atoms with Crippen molar-refractivity contribution in [3.8, 4) is 0 Å². The van der Waals surface area contributed by atoms with Gasteiger partial charge < -0.3 is 4.90 Å². The molecule has 0 radical (unpaired) electrons. The van der Waals surface area contributed by atoms with E-state index in [1.165, 1.54) is 18.6 Å². The number of nitro groups is 1. The van der Waals surface area contributed by atoms with Gasteiger partial charge in [-0.1, -0.05) is 19.1 Å². The number of halogens is 1. The van der Waals surface area contributed by atoms with Crippen LogP contribution in [-0.4, -0.2) is 23.4 Å². The molecule has 0 aliphatic heterocycles. The number of hydrogen-bond acceptors (Lipinski definition) is 3. The van der Waals surface area contributed by atoms with E-state index in [1.807, 2.05) is 11.9 Å². The van der Waals surface area contributed by atoms with Crippen LogP contribution in [0.2, 0.25) is 0 Å². The fraction of sp³-hybridized carbons (Fsp3) is 0.538. The molecular formula is C13H17FN2O2. The van der Waals surface area contributed by atoms with E-state index >= 15 is 0 Å². The van der Waals surface area contributed by atoms with Crippen LogP contribution in [0.25, 0.3) is 0 Å². The third-order valence-corrected chi connectivity index (χ3v) is 3.52. The molecule has 0 N–H and O–H groups in total. The molecule has 1 fully saturated rings. The minimum absolute atomic E-state index is 0.389. The Morgan fingerprint density at radius 3 is 2.78 bits per heavy atom. The van der Waals surface area contributed by atoms with Crippen molar-refractivity contribution in [2.24, 2.45) is 11.8 Å². The van der Waals surface area contributed by atoms with Gasteiger partial charge in [-0.05, 0) is 25.3 Å². The van der Waals surface area contributed by atoms with Crippen LogP contribution in [0, 0.1) is 27.8 Å². The van der Waals surface area contributed by atoms with Crippen molar-refractivity contribution in [2.45, 2.75) is 19.9 Å². The summed E-state index contributed by atoms with van der Waals surface area (Å²) >= 11 is 0. The first-order valence-electron chi connectivity index (χ1n) is 6.09. The summed E-state index contributed by atoms with van der Waals surface area (Å²) in [5.74, 6) is 0.734. The zero-order valence-electron chi connectivity index (χ0n) is 10.6. The van der Waals surface area contributed by atoms with Crippen LogP contribution in [0.4, 0.5) is 10.1 Å². The van der Waals surface area contributed by atoms with E-state index in [9.17, 15) is 14.5 Å². The van der Waals surface area contributed by atoms with E-state index < -0.39 is 16.4 Å². The van der Waals surface area contributed by atoms with Gasteiger partial charge >= 0.3 is 5.69 Å². The van der Waals surface area contributed by atoms with E-state index in [-0.39, 0.29) is 0 Å². The second-order valence-corrected chi connectivity index (χ2v) is 5.18. The summed E-state index contributed by atoms with van der Waals surface area (Å²) in [6, 6.07) is 4.33. The van der Waals surface area contributed by atoms with Crippen LogP contribution in [-0.2, 0) is 6.54 Å². The van der Waals surface area contributed by atoms with Gasteiger partial charge in [-0.2, -0.15) is 4.39 Å². The Labute approximate surface area is 106 Å². The zero-order valence-corrected chi connectivity index (χ0v) is 10.6. The summed E-state index contributed by atoms with van der Waals surface area (Å²) in [6.45, 7) is 3.53. The predicted molar refractivity (Wildman–Crippen MR) is 66.7 cm³/mol. The van der Waals surface area contributed by atoms with Gasteiger partial charge in [-0.3, -0.25) is 10.1 Å². The molecule has 1 aromatic rings. The minimum atomic E-state index is -0.710. The molecule has 2 unspecified atom stereocenters. The summed E-state index contributed by atoms with van der Waals surface area (Å²) in [7, 11) is 1.92. The second-order valence-electron chi connectivity index (χ2n) is 5.18. The molecule has 0 spiro atoms. The summed E-state index contributed by atoms with van der Waals surface area (Å²) in [6.07, 6.45) is 1.22. The van der Waals surface area contributed by atoms with Gasteiger partial charge in [0.25, 0.3) is 0 Å². The Morgan fingerprint density at radius 1 is 1.56 bits per heavy atom. The summed E-state index contributed by atoms with van der Waals surface area (Å²) < 4.78 is 13.8. The summed E-state index contributed by atoms with van der Waals surface area (Å²) in [5.41, 5.74) is -0.0549. The van der Waals surface area contributed by atoms with Gasteiger partial charge in [0.2, 0.25) is 5.82 Å². The molecule has 2 atom stereocenters. The molecule has 0 amide bonds. The van der Waals surface area contributed by atoms with E-state index in [2.05, 4.69) is 6.92 Å². The zero-order chi connectivity index (χ0) is 13.3. The highest BCUT2D eigenvalue weighted by Gasteiger charge is 2.33. The SMILES string of the molecule is CC1CC1CN(C)Cc1cccc([N+](=O)[O-])c1F. The summed E-state index contributed by atoms with van der Waals surface area (Å²) in [5, 5.41) is 10.6. The molecule has 0 aromatic heterocycles. The average Bonchev–Trinajstić information content (AvgIpc) is 2.96. The third-order valence-electron chi connectivity index (χ3n) is 3.52. The van der Waals surface area contributed by atoms with Crippen LogP contribution >= 0.6 is 0 Å². The van der Waals surface area contributed by atoms with Gasteiger partial charge in [0.15, 0.2) is 0 Å². The molecule has 0 saturated heterocycles. The Balaban J connectivity index is 2.04. The maximum Gasteiger partial charge on any atom is 0.305 e. The van der Waals surface area contributed by atoms with Crippen molar-refractivity contribution >= 4 is 5.69 Å². The molecular weight excluding hydrogens is 235 g/mol. The Bertz CT molecular complexity index is 464. The van der Waals surface area contributed by atoms with Crippen LogP contribution in [0.3, 0.4) is 0 Å². The highest BCUT2D eigenvalue weighted by atomic mass is 19.1. The fourth-order valence-electron chi connectivity index (χ4n) is 2.24. The van der Waals surface area contributed by atoms with Crippen LogP contribution in [0.1, 0.15) is 18.9 Å². The van der Waals surface area contributed by atoms with Crippen molar-refractivity contribution < 1.29 is 9.31 Å². The lowest BCUT2D eigenvalue weighted by Crippen LogP contribution is -2.21. The van der Waals surface area contributed by atoms with Gasteiger partial charge in [-0.25, -0.2) is 0 Å². The lowest BCUT2D eigenvalue weighted by molar-refractivity contribution is -0.387. The fourth-order valence-corrected chi connectivity index (χ4v) is 2.24. The van der Waals surface area contributed by atoms with Crippen LogP contribution in [0.15, 0.2) is 18.2 Å². The lowest BCUT2D eigenvalue weighted by Gasteiger charge is -2.16. The van der Waals surface area contributed by atoms with Gasteiger partial charge in [0.05, 0.1) is 4.92 Å². The highest BCUT2D eigenvalue weighted by molar-refractivity contribution is 5.36. The van der Waals surface area contributed by atoms with Gasteiger partial charge in [-0.15, -0.1) is 0 Å². The van der Waals surface area contributed by atoms with Crippen molar-refractivity contribution in [1.82, 2.24) is 4.90 Å². The molecule has 1 aromatic carbocycles. The molecule has 98 valence electrons. The molecule has 1 aliphatic carbocycles. The molecule has 1 saturated carbocycles. The molecule has 5 heteroatoms. The first-order chi connectivity index (χ1) is 8.49. The number of nitrogens with zero attached hydrogens (tertiary/aromatic N) is 2. The first-order valence-corrected chi connectivity index (χ1v) is 6.09. The van der Waals surface area contributed by atoms with Crippen LogP contribution < -0.4 is 0 Å². The Morgan fingerprint density at radius 2 is 2.22 bits per heavy atom. The first kappa shape index (κ1) is 13.0. The standard InChI is InChI=1S/C13H17FN2O2/c1-9-6-11(9)8-15(2)7-10-4-3-5-12(13(10)14)16(17)18/h3-5,9,11H,6-8H2,1-2H3. The number of rotatable bonds is 5. The number of benzene rings is 1. The molecule has 0 heterocycles. The van der Waals surface area contributed by atoms with Crippen molar-refractivity contribution in [3.05, 3.63) is 39.7 Å². The van der Waals surface area contributed by atoms with Crippen LogP contribution in [0.5, 0.6) is 0 Å². The predicted octanol–water partition coefficient (Wildman–Crippen LogP) is 2.82. The molecule has 4 nitrogen and oxygen atoms in total. The van der Waals surface area contributed by atoms with Crippen molar-refractivity contribution in [2.75, 3.05) is 13.6 Å². The highest BCUT2D eigenvalue weighted by Crippen LogP contribution is 2.38. The quantitative estimate of drug-likeness (QED) is 0.598.